The maximum atomic E-state index is 5.32. The van der Waals surface area contributed by atoms with E-state index in [-0.39, 0.29) is 0 Å². The fourth-order valence-corrected chi connectivity index (χ4v) is 0.543. The van der Waals surface area contributed by atoms with Crippen molar-refractivity contribution in [2.45, 2.75) is 0 Å². The Morgan fingerprint density at radius 2 is 2.10 bits per heavy atom. The molecule has 0 aromatic carbocycles. The van der Waals surface area contributed by atoms with Crippen LogP contribution >= 0.6 is 11.6 Å². The van der Waals surface area contributed by atoms with Crippen molar-refractivity contribution in [3.63, 3.8) is 0 Å². The highest BCUT2D eigenvalue weighted by Gasteiger charge is 1.82. The zero-order chi connectivity index (χ0) is 7.23. The van der Waals surface area contributed by atoms with Gasteiger partial charge in [-0.1, -0.05) is 5.92 Å². The van der Waals surface area contributed by atoms with E-state index in [4.69, 9.17) is 11.6 Å². The van der Waals surface area contributed by atoms with E-state index in [1.54, 1.807) is 18.5 Å². The van der Waals surface area contributed by atoms with Crippen LogP contribution in [0.5, 0.6) is 0 Å². The van der Waals surface area contributed by atoms with E-state index in [2.05, 4.69) is 21.8 Å². The summed E-state index contributed by atoms with van der Waals surface area (Å²) in [5, 5.41) is 0. The van der Waals surface area contributed by atoms with E-state index >= 15 is 0 Å². The Kier molecular flexibility index (Phi) is 2.72. The molecule has 1 aromatic rings. The van der Waals surface area contributed by atoms with Gasteiger partial charge in [-0.2, -0.15) is 0 Å². The fraction of sp³-hybridized carbons (Fsp3) is 0.143. The second-order valence-corrected chi connectivity index (χ2v) is 1.78. The molecule has 0 saturated heterocycles. The van der Waals surface area contributed by atoms with Crippen molar-refractivity contribution in [3.8, 4) is 11.8 Å². The first kappa shape index (κ1) is 7.04. The molecule has 0 unspecified atom stereocenters. The van der Waals surface area contributed by atoms with Crippen molar-refractivity contribution >= 4 is 11.6 Å². The van der Waals surface area contributed by atoms with Gasteiger partial charge in [-0.05, 0) is 12.0 Å². The molecule has 50 valence electrons. The summed E-state index contributed by atoms with van der Waals surface area (Å²) in [7, 11) is 0. The Hall–Kier alpha value is -1.07. The molecule has 10 heavy (non-hydrogen) atoms. The van der Waals surface area contributed by atoms with Crippen molar-refractivity contribution in [2.24, 2.45) is 0 Å². The molecule has 2 nitrogen and oxygen atoms in total. The molecule has 0 aliphatic rings. The van der Waals surface area contributed by atoms with E-state index in [0.29, 0.717) is 11.7 Å². The predicted octanol–water partition coefficient (Wildman–Crippen LogP) is 1.07. The maximum absolute atomic E-state index is 5.32. The number of aromatic nitrogens is 2. The van der Waals surface area contributed by atoms with Crippen LogP contribution in [-0.2, 0) is 0 Å². The number of halogens is 1. The average molecular weight is 153 g/mol. The average Bonchev–Trinajstić information content (AvgIpc) is 2.03. The van der Waals surface area contributed by atoms with Crippen molar-refractivity contribution < 1.29 is 0 Å². The lowest BCUT2D eigenvalue weighted by molar-refractivity contribution is 1.13. The number of nitrogens with zero attached hydrogens (tertiary/aromatic N) is 2. The first-order valence-electron chi connectivity index (χ1n) is 2.75. The van der Waals surface area contributed by atoms with Crippen LogP contribution in [0, 0.1) is 11.8 Å². The van der Waals surface area contributed by atoms with Crippen LogP contribution in [0.15, 0.2) is 18.5 Å². The van der Waals surface area contributed by atoms with Gasteiger partial charge in [0.25, 0.3) is 0 Å². The van der Waals surface area contributed by atoms with E-state index in [9.17, 15) is 0 Å². The number of rotatable bonds is 0. The normalized spacial score (nSPS) is 8.10. The van der Waals surface area contributed by atoms with E-state index in [1.165, 1.54) is 0 Å². The molecule has 0 aliphatic heterocycles. The Balaban J connectivity index is 2.76. The highest BCUT2D eigenvalue weighted by atomic mass is 35.5. The van der Waals surface area contributed by atoms with Gasteiger partial charge in [0.05, 0.1) is 5.88 Å². The third kappa shape index (κ3) is 2.04. The Bertz CT molecular complexity index is 247. The molecule has 1 aromatic heterocycles. The van der Waals surface area contributed by atoms with E-state index in [1.807, 2.05) is 0 Å². The van der Waals surface area contributed by atoms with Crippen LogP contribution in [0.4, 0.5) is 0 Å². The van der Waals surface area contributed by atoms with Crippen LogP contribution in [0.1, 0.15) is 5.82 Å². The van der Waals surface area contributed by atoms with Gasteiger partial charge in [-0.15, -0.1) is 11.6 Å². The van der Waals surface area contributed by atoms with Gasteiger partial charge in [0.1, 0.15) is 0 Å². The third-order valence-electron chi connectivity index (χ3n) is 0.833. The summed E-state index contributed by atoms with van der Waals surface area (Å²) < 4.78 is 0. The summed E-state index contributed by atoms with van der Waals surface area (Å²) in [6.07, 6.45) is 3.29. The van der Waals surface area contributed by atoms with Gasteiger partial charge in [-0.3, -0.25) is 0 Å². The summed E-state index contributed by atoms with van der Waals surface area (Å²) >= 11 is 5.32. The first-order chi connectivity index (χ1) is 4.93. The Labute approximate surface area is 64.3 Å². The van der Waals surface area contributed by atoms with Gasteiger partial charge in [-0.25, -0.2) is 9.97 Å². The van der Waals surface area contributed by atoms with Crippen molar-refractivity contribution in [3.05, 3.63) is 24.3 Å². The number of hydrogen-bond acceptors (Lipinski definition) is 2. The SMILES string of the molecule is ClCC#Cc1ncccn1. The van der Waals surface area contributed by atoms with Crippen LogP contribution < -0.4 is 0 Å². The minimum atomic E-state index is 0.318. The first-order valence-corrected chi connectivity index (χ1v) is 3.29. The van der Waals surface area contributed by atoms with Crippen LogP contribution in [0.2, 0.25) is 0 Å². The number of hydrogen-bond donors (Lipinski definition) is 0. The highest BCUT2D eigenvalue weighted by molar-refractivity contribution is 6.19. The van der Waals surface area contributed by atoms with E-state index < -0.39 is 0 Å². The molecule has 3 heteroatoms. The maximum Gasteiger partial charge on any atom is 0.204 e. The molecule has 0 saturated carbocycles. The van der Waals surface area contributed by atoms with Gasteiger partial charge in [0.15, 0.2) is 0 Å². The molecule has 0 fully saturated rings. The van der Waals surface area contributed by atoms with Crippen molar-refractivity contribution in [1.82, 2.24) is 9.97 Å². The highest BCUT2D eigenvalue weighted by Crippen LogP contribution is 1.82. The lowest BCUT2D eigenvalue weighted by Gasteiger charge is -1.82. The summed E-state index contributed by atoms with van der Waals surface area (Å²) in [6, 6.07) is 1.74. The quantitative estimate of drug-likeness (QED) is 0.411. The van der Waals surface area contributed by atoms with Gasteiger partial charge >= 0.3 is 0 Å². The molecule has 1 heterocycles. The lowest BCUT2D eigenvalue weighted by Crippen LogP contribution is -1.84. The van der Waals surface area contributed by atoms with Crippen LogP contribution in [0.3, 0.4) is 0 Å². The second-order valence-electron chi connectivity index (χ2n) is 1.51. The van der Waals surface area contributed by atoms with Crippen molar-refractivity contribution in [2.75, 3.05) is 5.88 Å². The molecule has 0 atom stereocenters. The van der Waals surface area contributed by atoms with E-state index in [0.717, 1.165) is 0 Å². The molecule has 0 radical (unpaired) electrons. The minimum Gasteiger partial charge on any atom is -0.229 e. The topological polar surface area (TPSA) is 25.8 Å². The summed E-state index contributed by atoms with van der Waals surface area (Å²) in [5.41, 5.74) is 0. The fourth-order valence-electron chi connectivity index (χ4n) is 0.476. The minimum absolute atomic E-state index is 0.318. The monoisotopic (exact) mass is 152 g/mol. The Morgan fingerprint density at radius 3 is 2.70 bits per heavy atom. The van der Waals surface area contributed by atoms with Crippen molar-refractivity contribution in [1.29, 1.82) is 0 Å². The third-order valence-corrected chi connectivity index (χ3v) is 0.966. The van der Waals surface area contributed by atoms with Gasteiger partial charge in [0.2, 0.25) is 5.82 Å². The summed E-state index contributed by atoms with van der Waals surface area (Å²) in [6.45, 7) is 0. The predicted molar refractivity (Wildman–Crippen MR) is 39.6 cm³/mol. The number of alkyl halides is 1. The summed E-state index contributed by atoms with van der Waals surface area (Å²) in [5.74, 6) is 6.18. The van der Waals surface area contributed by atoms with Crippen LogP contribution in [0.25, 0.3) is 0 Å². The lowest BCUT2D eigenvalue weighted by atomic mass is 10.5. The van der Waals surface area contributed by atoms with Crippen LogP contribution in [-0.4, -0.2) is 15.8 Å². The van der Waals surface area contributed by atoms with Gasteiger partial charge in [0, 0.05) is 12.4 Å². The largest absolute Gasteiger partial charge is 0.229 e. The zero-order valence-corrected chi connectivity index (χ0v) is 5.97. The zero-order valence-electron chi connectivity index (χ0n) is 5.21. The summed E-state index contributed by atoms with van der Waals surface area (Å²) in [4.78, 5) is 7.75. The molecule has 1 rings (SSSR count). The molecule has 0 aliphatic carbocycles. The molecular formula is C7H5ClN2. The standard InChI is InChI=1S/C7H5ClN2/c8-4-1-3-7-9-5-2-6-10-7/h2,5-6H,4H2. The molecular weight excluding hydrogens is 148 g/mol. The van der Waals surface area contributed by atoms with Gasteiger partial charge < -0.3 is 0 Å². The molecule has 0 N–H and O–H groups in total. The molecule has 0 amide bonds. The Morgan fingerprint density at radius 1 is 1.40 bits per heavy atom. The smallest absolute Gasteiger partial charge is 0.204 e. The second kappa shape index (κ2) is 3.86. The molecule has 0 bridgehead atoms. The molecule has 0 spiro atoms.